The number of nitrogens with zero attached hydrogens (tertiary/aromatic N) is 1. The van der Waals surface area contributed by atoms with E-state index >= 15 is 0 Å². The van der Waals surface area contributed by atoms with E-state index in [4.69, 9.17) is 9.84 Å². The van der Waals surface area contributed by atoms with Crippen molar-refractivity contribution in [3.8, 4) is 0 Å². The molecule has 2 unspecified atom stereocenters. The van der Waals surface area contributed by atoms with Gasteiger partial charge in [0.2, 0.25) is 0 Å². The highest BCUT2D eigenvalue weighted by Gasteiger charge is 2.20. The lowest BCUT2D eigenvalue weighted by atomic mass is 9.82. The molecule has 0 amide bonds. The summed E-state index contributed by atoms with van der Waals surface area (Å²) in [6.07, 6.45) is 12.1. The van der Waals surface area contributed by atoms with Crippen molar-refractivity contribution in [3.05, 3.63) is 16.1 Å². The Morgan fingerprint density at radius 3 is 2.46 bits per heavy atom. The molecule has 2 rings (SSSR count). The van der Waals surface area contributed by atoms with Crippen LogP contribution >= 0.6 is 11.3 Å². The highest BCUT2D eigenvalue weighted by Crippen LogP contribution is 2.31. The van der Waals surface area contributed by atoms with Gasteiger partial charge in [-0.25, -0.2) is 9.78 Å². The Balaban J connectivity index is 1.70. The van der Waals surface area contributed by atoms with Crippen molar-refractivity contribution in [1.29, 1.82) is 0 Å². The van der Waals surface area contributed by atoms with E-state index in [1.54, 1.807) is 5.38 Å². The predicted octanol–water partition coefficient (Wildman–Crippen LogP) is 5.87. The topological polar surface area (TPSA) is 76.5 Å². The fourth-order valence-electron chi connectivity index (χ4n) is 3.96. The van der Waals surface area contributed by atoms with Gasteiger partial charge in [0.15, 0.2) is 5.69 Å². The van der Waals surface area contributed by atoms with Gasteiger partial charge >= 0.3 is 11.9 Å². The SMILES string of the molecule is CC(C)(C)OC(=O)CCCCC1CCCCC(Cc2nc(C(=O)O)cs2)CC1. The second-order valence-electron chi connectivity index (χ2n) is 9.06. The first-order chi connectivity index (χ1) is 13.2. The lowest BCUT2D eigenvalue weighted by Crippen LogP contribution is -2.23. The minimum absolute atomic E-state index is 0.0885. The number of esters is 1. The molecular weight excluding hydrogens is 374 g/mol. The number of hydrogen-bond donors (Lipinski definition) is 1. The van der Waals surface area contributed by atoms with Crippen LogP contribution in [0, 0.1) is 11.8 Å². The molecule has 1 aromatic heterocycles. The Hall–Kier alpha value is -1.43. The second kappa shape index (κ2) is 10.9. The molecule has 2 atom stereocenters. The van der Waals surface area contributed by atoms with Crippen LogP contribution in [0.15, 0.2) is 5.38 Å². The fraction of sp³-hybridized carbons (Fsp3) is 0.773. The molecule has 1 aliphatic rings. The molecular formula is C22H35NO4S. The highest BCUT2D eigenvalue weighted by molar-refractivity contribution is 7.09. The van der Waals surface area contributed by atoms with E-state index in [9.17, 15) is 9.59 Å². The molecule has 158 valence electrons. The zero-order chi connectivity index (χ0) is 20.6. The van der Waals surface area contributed by atoms with Crippen molar-refractivity contribution < 1.29 is 19.4 Å². The van der Waals surface area contributed by atoms with Crippen molar-refractivity contribution in [2.24, 2.45) is 11.8 Å². The number of carbonyl (C=O) groups excluding carboxylic acids is 1. The summed E-state index contributed by atoms with van der Waals surface area (Å²) in [5.74, 6) is 0.325. The van der Waals surface area contributed by atoms with E-state index in [1.165, 1.54) is 56.3 Å². The van der Waals surface area contributed by atoms with E-state index in [-0.39, 0.29) is 11.7 Å². The Morgan fingerprint density at radius 1 is 1.14 bits per heavy atom. The first-order valence-electron chi connectivity index (χ1n) is 10.6. The van der Waals surface area contributed by atoms with Crippen LogP contribution in [-0.4, -0.2) is 27.6 Å². The maximum atomic E-state index is 11.8. The van der Waals surface area contributed by atoms with E-state index in [0.29, 0.717) is 12.3 Å². The molecule has 1 fully saturated rings. The Labute approximate surface area is 172 Å². The van der Waals surface area contributed by atoms with E-state index in [0.717, 1.165) is 30.2 Å². The fourth-order valence-corrected chi connectivity index (χ4v) is 4.85. The van der Waals surface area contributed by atoms with Gasteiger partial charge in [0.25, 0.3) is 0 Å². The Morgan fingerprint density at radius 2 is 1.82 bits per heavy atom. The molecule has 0 bridgehead atoms. The van der Waals surface area contributed by atoms with Gasteiger partial charge in [-0.2, -0.15) is 0 Å². The summed E-state index contributed by atoms with van der Waals surface area (Å²) < 4.78 is 5.37. The van der Waals surface area contributed by atoms with Crippen molar-refractivity contribution in [1.82, 2.24) is 4.98 Å². The average Bonchev–Trinajstić information content (AvgIpc) is 3.03. The largest absolute Gasteiger partial charge is 0.476 e. The maximum absolute atomic E-state index is 11.8. The predicted molar refractivity (Wildman–Crippen MR) is 112 cm³/mol. The smallest absolute Gasteiger partial charge is 0.355 e. The lowest BCUT2D eigenvalue weighted by Gasteiger charge is -2.24. The summed E-state index contributed by atoms with van der Waals surface area (Å²) in [6, 6.07) is 0. The van der Waals surface area contributed by atoms with Crippen molar-refractivity contribution in [3.63, 3.8) is 0 Å². The van der Waals surface area contributed by atoms with Gasteiger partial charge in [-0.05, 0) is 45.4 Å². The van der Waals surface area contributed by atoms with Crippen LogP contribution in [0.25, 0.3) is 0 Å². The van der Waals surface area contributed by atoms with Crippen LogP contribution in [-0.2, 0) is 16.0 Å². The standard InChI is InChI=1S/C22H35NO4S/c1-22(2,3)27-20(24)11-7-6-9-16-8-4-5-10-17(13-12-16)14-19-23-18(15-28-19)21(25)26/h15-17H,4-14H2,1-3H3,(H,25,26). The zero-order valence-corrected chi connectivity index (χ0v) is 18.4. The summed E-state index contributed by atoms with van der Waals surface area (Å²) in [4.78, 5) is 27.1. The van der Waals surface area contributed by atoms with Gasteiger partial charge in [-0.15, -0.1) is 11.3 Å². The number of aromatic nitrogens is 1. The third kappa shape index (κ3) is 8.72. The summed E-state index contributed by atoms with van der Waals surface area (Å²) in [7, 11) is 0. The first-order valence-corrected chi connectivity index (χ1v) is 11.5. The molecule has 1 heterocycles. The average molecular weight is 410 g/mol. The molecule has 1 aliphatic carbocycles. The van der Waals surface area contributed by atoms with Crippen LogP contribution < -0.4 is 0 Å². The lowest BCUT2D eigenvalue weighted by molar-refractivity contribution is -0.154. The molecule has 0 saturated heterocycles. The monoisotopic (exact) mass is 409 g/mol. The number of hydrogen-bond acceptors (Lipinski definition) is 5. The molecule has 0 aliphatic heterocycles. The molecule has 6 heteroatoms. The van der Waals surface area contributed by atoms with Gasteiger partial charge in [-0.3, -0.25) is 4.79 Å². The molecule has 0 aromatic carbocycles. The van der Waals surface area contributed by atoms with E-state index < -0.39 is 11.6 Å². The summed E-state index contributed by atoms with van der Waals surface area (Å²) in [6.45, 7) is 5.72. The number of unbranched alkanes of at least 4 members (excludes halogenated alkanes) is 1. The molecule has 0 radical (unpaired) electrons. The van der Waals surface area contributed by atoms with Gasteiger partial charge in [0.05, 0.1) is 5.01 Å². The number of rotatable bonds is 8. The number of carboxylic acid groups (broad SMARTS) is 1. The number of carbonyl (C=O) groups is 2. The van der Waals surface area contributed by atoms with Crippen LogP contribution in [0.4, 0.5) is 0 Å². The Kier molecular flexibility index (Phi) is 8.93. The minimum atomic E-state index is -0.938. The summed E-state index contributed by atoms with van der Waals surface area (Å²) >= 11 is 1.47. The zero-order valence-electron chi connectivity index (χ0n) is 17.5. The summed E-state index contributed by atoms with van der Waals surface area (Å²) in [5.41, 5.74) is -0.220. The molecule has 1 aromatic rings. The highest BCUT2D eigenvalue weighted by atomic mass is 32.1. The van der Waals surface area contributed by atoms with Crippen LogP contribution in [0.5, 0.6) is 0 Å². The number of ether oxygens (including phenoxy) is 1. The molecule has 1 saturated carbocycles. The third-order valence-corrected chi connectivity index (χ3v) is 6.23. The van der Waals surface area contributed by atoms with Crippen LogP contribution in [0.1, 0.15) is 100 Å². The van der Waals surface area contributed by atoms with Gasteiger partial charge in [0.1, 0.15) is 5.60 Å². The number of thiazole rings is 1. The van der Waals surface area contributed by atoms with Crippen LogP contribution in [0.2, 0.25) is 0 Å². The second-order valence-corrected chi connectivity index (χ2v) is 10.0. The Bertz CT molecular complexity index is 635. The summed E-state index contributed by atoms with van der Waals surface area (Å²) in [5, 5.41) is 11.6. The van der Waals surface area contributed by atoms with Crippen molar-refractivity contribution >= 4 is 23.3 Å². The molecule has 5 nitrogen and oxygen atoms in total. The van der Waals surface area contributed by atoms with Gasteiger partial charge in [-0.1, -0.05) is 44.9 Å². The third-order valence-electron chi connectivity index (χ3n) is 5.36. The quantitative estimate of drug-likeness (QED) is 0.429. The van der Waals surface area contributed by atoms with E-state index in [2.05, 4.69) is 4.98 Å². The van der Waals surface area contributed by atoms with Gasteiger partial charge < -0.3 is 9.84 Å². The molecule has 0 spiro atoms. The van der Waals surface area contributed by atoms with E-state index in [1.807, 2.05) is 20.8 Å². The van der Waals surface area contributed by atoms with Crippen molar-refractivity contribution in [2.45, 2.75) is 97.0 Å². The normalized spacial score (nSPS) is 21.0. The van der Waals surface area contributed by atoms with Crippen LogP contribution in [0.3, 0.4) is 0 Å². The van der Waals surface area contributed by atoms with Gasteiger partial charge in [0, 0.05) is 18.2 Å². The number of carboxylic acids is 1. The molecule has 28 heavy (non-hydrogen) atoms. The minimum Gasteiger partial charge on any atom is -0.476 e. The van der Waals surface area contributed by atoms with Crippen molar-refractivity contribution in [2.75, 3.05) is 0 Å². The molecule has 1 N–H and O–H groups in total. The first kappa shape index (κ1) is 22.9. The maximum Gasteiger partial charge on any atom is 0.355 e. The number of aromatic carboxylic acids is 1.